The van der Waals surface area contributed by atoms with Crippen molar-refractivity contribution < 1.29 is 14.3 Å². The molecular formula is C21H26N4O3. The van der Waals surface area contributed by atoms with Gasteiger partial charge in [-0.2, -0.15) is 0 Å². The monoisotopic (exact) mass is 382 g/mol. The summed E-state index contributed by atoms with van der Waals surface area (Å²) < 4.78 is 12.8. The lowest BCUT2D eigenvalue weighted by Crippen LogP contribution is -2.32. The largest absolute Gasteiger partial charge is 0.495 e. The van der Waals surface area contributed by atoms with E-state index in [-0.39, 0.29) is 12.5 Å². The quantitative estimate of drug-likeness (QED) is 0.605. The fourth-order valence-electron chi connectivity index (χ4n) is 2.90. The van der Waals surface area contributed by atoms with E-state index in [0.717, 1.165) is 30.6 Å². The van der Waals surface area contributed by atoms with Crippen LogP contribution in [0.15, 0.2) is 42.7 Å². The van der Waals surface area contributed by atoms with E-state index in [9.17, 15) is 4.79 Å². The predicted molar refractivity (Wildman–Crippen MR) is 110 cm³/mol. The predicted octanol–water partition coefficient (Wildman–Crippen LogP) is 3.23. The molecule has 0 unspecified atom stereocenters. The summed E-state index contributed by atoms with van der Waals surface area (Å²) in [5.74, 6) is 1.14. The molecule has 28 heavy (non-hydrogen) atoms. The summed E-state index contributed by atoms with van der Waals surface area (Å²) in [5, 5.41) is 0. The van der Waals surface area contributed by atoms with Gasteiger partial charge in [0.25, 0.3) is 5.91 Å². The summed E-state index contributed by atoms with van der Waals surface area (Å²) in [6, 6.07) is 9.23. The first-order valence-corrected chi connectivity index (χ1v) is 9.31. The topological polar surface area (TPSA) is 82.1 Å². The minimum absolute atomic E-state index is 0.0163. The van der Waals surface area contributed by atoms with Gasteiger partial charge in [-0.1, -0.05) is 13.3 Å². The first kappa shape index (κ1) is 19.5. The molecule has 0 aliphatic heterocycles. The van der Waals surface area contributed by atoms with Crippen LogP contribution in [-0.2, 0) is 4.79 Å². The molecule has 0 aliphatic carbocycles. The van der Waals surface area contributed by atoms with Gasteiger partial charge >= 0.3 is 0 Å². The van der Waals surface area contributed by atoms with Gasteiger partial charge in [0.1, 0.15) is 5.75 Å². The van der Waals surface area contributed by atoms with Crippen LogP contribution in [0, 0.1) is 0 Å². The van der Waals surface area contributed by atoms with Crippen LogP contribution in [0.2, 0.25) is 0 Å². The standard InChI is InChI=1S/C21H26N4O3/c1-4-5-10-24(2)20(26)14-28-19-7-6-11-25-13-17(23-21(19)25)15-8-9-18(27-3)16(22)12-15/h6-9,11-13H,4-5,10,14,22H2,1-3H3. The Labute approximate surface area is 164 Å². The van der Waals surface area contributed by atoms with Crippen molar-refractivity contribution in [3.05, 3.63) is 42.7 Å². The van der Waals surface area contributed by atoms with Crippen LogP contribution >= 0.6 is 0 Å². The highest BCUT2D eigenvalue weighted by Gasteiger charge is 2.13. The van der Waals surface area contributed by atoms with Crippen LogP contribution in [0.5, 0.6) is 11.5 Å². The van der Waals surface area contributed by atoms with Gasteiger partial charge in [-0.25, -0.2) is 4.98 Å². The highest BCUT2D eigenvalue weighted by atomic mass is 16.5. The van der Waals surface area contributed by atoms with E-state index in [1.807, 2.05) is 47.1 Å². The highest BCUT2D eigenvalue weighted by molar-refractivity contribution is 5.78. The second-order valence-corrected chi connectivity index (χ2v) is 6.64. The van der Waals surface area contributed by atoms with Gasteiger partial charge in [-0.3, -0.25) is 4.79 Å². The summed E-state index contributed by atoms with van der Waals surface area (Å²) in [5.41, 5.74) is 8.85. The van der Waals surface area contributed by atoms with E-state index < -0.39 is 0 Å². The summed E-state index contributed by atoms with van der Waals surface area (Å²) in [6.45, 7) is 2.81. The molecule has 0 aliphatic rings. The third-order valence-electron chi connectivity index (χ3n) is 4.60. The molecule has 0 fully saturated rings. The van der Waals surface area contributed by atoms with Crippen LogP contribution < -0.4 is 15.2 Å². The number of rotatable bonds is 8. The fourth-order valence-corrected chi connectivity index (χ4v) is 2.90. The normalized spacial score (nSPS) is 10.8. The molecule has 0 spiro atoms. The number of ether oxygens (including phenoxy) is 2. The van der Waals surface area contributed by atoms with Gasteiger partial charge in [0.05, 0.1) is 18.5 Å². The minimum atomic E-state index is -0.0508. The van der Waals surface area contributed by atoms with E-state index in [4.69, 9.17) is 15.2 Å². The summed E-state index contributed by atoms with van der Waals surface area (Å²) in [7, 11) is 3.38. The summed E-state index contributed by atoms with van der Waals surface area (Å²) >= 11 is 0. The lowest BCUT2D eigenvalue weighted by atomic mass is 10.1. The van der Waals surface area contributed by atoms with E-state index in [1.165, 1.54) is 0 Å². The zero-order valence-corrected chi connectivity index (χ0v) is 16.5. The molecule has 148 valence electrons. The number of methoxy groups -OCH3 is 1. The lowest BCUT2D eigenvalue weighted by molar-refractivity contribution is -0.132. The lowest BCUT2D eigenvalue weighted by Gasteiger charge is -2.17. The van der Waals surface area contributed by atoms with Crippen molar-refractivity contribution in [2.75, 3.05) is 33.0 Å². The van der Waals surface area contributed by atoms with Crippen molar-refractivity contribution in [3.63, 3.8) is 0 Å². The number of imidazole rings is 1. The number of pyridine rings is 1. The molecule has 0 bridgehead atoms. The Morgan fingerprint density at radius 3 is 2.82 bits per heavy atom. The maximum Gasteiger partial charge on any atom is 0.260 e. The van der Waals surface area contributed by atoms with Gasteiger partial charge in [0.15, 0.2) is 18.0 Å². The average molecular weight is 382 g/mol. The van der Waals surface area contributed by atoms with Crippen LogP contribution in [0.25, 0.3) is 16.9 Å². The number of nitrogen functional groups attached to an aromatic ring is 1. The Hall–Kier alpha value is -3.22. The van der Waals surface area contributed by atoms with Crippen LogP contribution in [-0.4, -0.2) is 47.5 Å². The van der Waals surface area contributed by atoms with Crippen molar-refractivity contribution in [1.29, 1.82) is 0 Å². The van der Waals surface area contributed by atoms with E-state index in [1.54, 1.807) is 19.1 Å². The van der Waals surface area contributed by atoms with Crippen LogP contribution in [0.1, 0.15) is 19.8 Å². The molecule has 0 radical (unpaired) electrons. The third kappa shape index (κ3) is 4.19. The highest BCUT2D eigenvalue weighted by Crippen LogP contribution is 2.29. The number of benzene rings is 1. The number of amides is 1. The maximum atomic E-state index is 12.2. The second-order valence-electron chi connectivity index (χ2n) is 6.64. The molecule has 3 aromatic rings. The molecule has 1 amide bonds. The molecule has 7 nitrogen and oxygen atoms in total. The number of hydrogen-bond donors (Lipinski definition) is 1. The zero-order valence-electron chi connectivity index (χ0n) is 16.5. The molecule has 2 N–H and O–H groups in total. The Bertz CT molecular complexity index is 967. The Morgan fingerprint density at radius 2 is 2.11 bits per heavy atom. The van der Waals surface area contributed by atoms with Gasteiger partial charge < -0.3 is 24.5 Å². The van der Waals surface area contributed by atoms with Crippen molar-refractivity contribution >= 4 is 17.2 Å². The number of aromatic nitrogens is 2. The zero-order chi connectivity index (χ0) is 20.1. The Kier molecular flexibility index (Phi) is 6.03. The minimum Gasteiger partial charge on any atom is -0.495 e. The number of carbonyl (C=O) groups is 1. The van der Waals surface area contributed by atoms with Gasteiger partial charge in [-0.05, 0) is 36.8 Å². The third-order valence-corrected chi connectivity index (χ3v) is 4.60. The van der Waals surface area contributed by atoms with Crippen molar-refractivity contribution in [2.24, 2.45) is 0 Å². The van der Waals surface area contributed by atoms with Gasteiger partial charge in [-0.15, -0.1) is 0 Å². The number of likely N-dealkylation sites (N-methyl/N-ethyl adjacent to an activating group) is 1. The van der Waals surface area contributed by atoms with E-state index >= 15 is 0 Å². The molecule has 1 aromatic carbocycles. The van der Waals surface area contributed by atoms with E-state index in [2.05, 4.69) is 11.9 Å². The molecule has 7 heteroatoms. The summed E-state index contributed by atoms with van der Waals surface area (Å²) in [4.78, 5) is 18.6. The Morgan fingerprint density at radius 1 is 1.29 bits per heavy atom. The van der Waals surface area contributed by atoms with E-state index in [0.29, 0.717) is 22.8 Å². The molecule has 0 atom stereocenters. The number of anilines is 1. The first-order valence-electron chi connectivity index (χ1n) is 9.31. The van der Waals surface area contributed by atoms with Crippen LogP contribution in [0.4, 0.5) is 5.69 Å². The first-order chi connectivity index (χ1) is 13.5. The average Bonchev–Trinajstić information content (AvgIpc) is 3.15. The molecule has 2 heterocycles. The second kappa shape index (κ2) is 8.65. The number of carbonyl (C=O) groups excluding carboxylic acids is 1. The van der Waals surface area contributed by atoms with Crippen molar-refractivity contribution in [2.45, 2.75) is 19.8 Å². The fraction of sp³-hybridized carbons (Fsp3) is 0.333. The van der Waals surface area contributed by atoms with Crippen molar-refractivity contribution in [1.82, 2.24) is 14.3 Å². The number of nitrogens with zero attached hydrogens (tertiary/aromatic N) is 3. The number of unbranched alkanes of at least 4 members (excludes halogenated alkanes) is 1. The number of fused-ring (bicyclic) bond motifs is 1. The SMILES string of the molecule is CCCCN(C)C(=O)COc1cccn2cc(-c3ccc(OC)c(N)c3)nc12. The summed E-state index contributed by atoms with van der Waals surface area (Å²) in [6.07, 6.45) is 5.82. The smallest absolute Gasteiger partial charge is 0.260 e. The number of hydrogen-bond acceptors (Lipinski definition) is 5. The molecular weight excluding hydrogens is 356 g/mol. The van der Waals surface area contributed by atoms with Gasteiger partial charge in [0, 0.05) is 31.5 Å². The molecule has 0 saturated heterocycles. The van der Waals surface area contributed by atoms with Crippen LogP contribution in [0.3, 0.4) is 0 Å². The molecule has 3 rings (SSSR count). The van der Waals surface area contributed by atoms with Crippen molar-refractivity contribution in [3.8, 4) is 22.8 Å². The maximum absolute atomic E-state index is 12.2. The molecule has 0 saturated carbocycles. The molecule has 2 aromatic heterocycles. The van der Waals surface area contributed by atoms with Gasteiger partial charge in [0.2, 0.25) is 0 Å². The Balaban J connectivity index is 1.80. The number of nitrogens with two attached hydrogens (primary N) is 1.